The molecule has 1 aromatic rings. The number of carboxylic acids is 1. The maximum Gasteiger partial charge on any atom is 0.321 e. The van der Waals surface area contributed by atoms with Gasteiger partial charge in [0.05, 0.1) is 11.4 Å². The molecule has 20 heavy (non-hydrogen) atoms. The zero-order chi connectivity index (χ0) is 15.3. The summed E-state index contributed by atoms with van der Waals surface area (Å²) in [4.78, 5) is 22.3. The molecule has 0 bridgehead atoms. The maximum atomic E-state index is 11.8. The summed E-state index contributed by atoms with van der Waals surface area (Å²) >= 11 is 7.96. The predicted molar refractivity (Wildman–Crippen MR) is 88.1 cm³/mol. The van der Waals surface area contributed by atoms with Crippen molar-refractivity contribution in [1.29, 1.82) is 0 Å². The number of carbonyl (C=O) groups is 2. The van der Waals surface area contributed by atoms with Gasteiger partial charge in [-0.15, -0.1) is 11.8 Å². The van der Waals surface area contributed by atoms with Gasteiger partial charge in [0, 0.05) is 14.7 Å². The molecule has 4 N–H and O–H groups in total. The van der Waals surface area contributed by atoms with E-state index in [1.165, 1.54) is 11.8 Å². The summed E-state index contributed by atoms with van der Waals surface area (Å²) in [7, 11) is 0. The average Bonchev–Trinajstić information content (AvgIpc) is 2.33. The summed E-state index contributed by atoms with van der Waals surface area (Å²) < 4.78 is 1.56. The van der Waals surface area contributed by atoms with Gasteiger partial charge in [-0.1, -0.05) is 0 Å². The number of nitrogens with two attached hydrogens (primary N) is 1. The van der Waals surface area contributed by atoms with Crippen molar-refractivity contribution in [2.75, 3.05) is 16.8 Å². The first-order valence-electron chi connectivity index (χ1n) is 5.63. The molecule has 0 saturated carbocycles. The summed E-state index contributed by atoms with van der Waals surface area (Å²) in [5.74, 6) is -0.938. The molecular formula is C12H14Br2N2O3S. The number of anilines is 1. The molecule has 0 radical (unpaired) electrons. The van der Waals surface area contributed by atoms with Crippen LogP contribution in [0.4, 0.5) is 5.69 Å². The van der Waals surface area contributed by atoms with E-state index in [1.807, 2.05) is 19.1 Å². The number of aliphatic carboxylic acids is 1. The Kier molecular flexibility index (Phi) is 7.01. The van der Waals surface area contributed by atoms with Crippen molar-refractivity contribution in [3.05, 3.63) is 26.6 Å². The molecule has 1 amide bonds. The number of hydrogen-bond acceptors (Lipinski definition) is 4. The molecule has 8 heteroatoms. The fourth-order valence-corrected chi connectivity index (χ4v) is 3.73. The van der Waals surface area contributed by atoms with Crippen LogP contribution in [0.15, 0.2) is 21.1 Å². The molecule has 0 spiro atoms. The fraction of sp³-hybridized carbons (Fsp3) is 0.333. The standard InChI is InChI=1S/C12H14Br2N2O3S/c1-6-2-7(13)11(8(14)3-6)16-10(17)5-20-4-9(15)12(18)19/h2-3,9H,4-5,15H2,1H3,(H,16,17)(H,18,19)/t9-/m1/s1. The highest BCUT2D eigenvalue weighted by Gasteiger charge is 2.14. The summed E-state index contributed by atoms with van der Waals surface area (Å²) in [6.07, 6.45) is 0. The first kappa shape index (κ1) is 17.5. The zero-order valence-electron chi connectivity index (χ0n) is 10.7. The third-order valence-corrected chi connectivity index (χ3v) is 4.61. The molecule has 0 aliphatic rings. The quantitative estimate of drug-likeness (QED) is 0.651. The van der Waals surface area contributed by atoms with Crippen LogP contribution in [-0.2, 0) is 9.59 Å². The molecule has 0 saturated heterocycles. The Hall–Kier alpha value is -0.570. The molecule has 0 aliphatic carbocycles. The molecule has 0 fully saturated rings. The van der Waals surface area contributed by atoms with Crippen molar-refractivity contribution >= 4 is 61.2 Å². The Balaban J connectivity index is 2.53. The molecule has 1 atom stereocenters. The Labute approximate surface area is 137 Å². The van der Waals surface area contributed by atoms with E-state index in [2.05, 4.69) is 37.2 Å². The third kappa shape index (κ3) is 5.43. The van der Waals surface area contributed by atoms with E-state index in [9.17, 15) is 9.59 Å². The lowest BCUT2D eigenvalue weighted by atomic mass is 10.2. The van der Waals surface area contributed by atoms with E-state index in [0.717, 1.165) is 14.5 Å². The number of halogens is 2. The lowest BCUT2D eigenvalue weighted by molar-refractivity contribution is -0.137. The van der Waals surface area contributed by atoms with Gasteiger partial charge in [0.2, 0.25) is 5.91 Å². The number of carboxylic acid groups (broad SMARTS) is 1. The van der Waals surface area contributed by atoms with Gasteiger partial charge in [0.15, 0.2) is 0 Å². The second-order valence-electron chi connectivity index (χ2n) is 4.11. The van der Waals surface area contributed by atoms with Gasteiger partial charge in [-0.25, -0.2) is 0 Å². The summed E-state index contributed by atoms with van der Waals surface area (Å²) in [6, 6.07) is 2.84. The molecule has 0 aliphatic heterocycles. The average molecular weight is 426 g/mol. The number of rotatable bonds is 6. The molecule has 5 nitrogen and oxygen atoms in total. The van der Waals surface area contributed by atoms with Crippen LogP contribution < -0.4 is 11.1 Å². The minimum atomic E-state index is -1.07. The molecule has 110 valence electrons. The van der Waals surface area contributed by atoms with Crippen LogP contribution in [-0.4, -0.2) is 34.5 Å². The number of aryl methyl sites for hydroxylation is 1. The van der Waals surface area contributed by atoms with Gasteiger partial charge in [0.1, 0.15) is 6.04 Å². The van der Waals surface area contributed by atoms with Crippen molar-refractivity contribution in [1.82, 2.24) is 0 Å². The number of nitrogens with one attached hydrogen (secondary N) is 1. The van der Waals surface area contributed by atoms with Crippen LogP contribution in [0.25, 0.3) is 0 Å². The first-order chi connectivity index (χ1) is 9.31. The van der Waals surface area contributed by atoms with E-state index in [0.29, 0.717) is 5.69 Å². The number of carbonyl (C=O) groups excluding carboxylic acids is 1. The zero-order valence-corrected chi connectivity index (χ0v) is 14.6. The van der Waals surface area contributed by atoms with Crippen molar-refractivity contribution in [3.8, 4) is 0 Å². The minimum Gasteiger partial charge on any atom is -0.480 e. The summed E-state index contributed by atoms with van der Waals surface area (Å²) in [6.45, 7) is 1.95. The highest BCUT2D eigenvalue weighted by molar-refractivity contribution is 9.11. The Morgan fingerprint density at radius 1 is 1.40 bits per heavy atom. The lowest BCUT2D eigenvalue weighted by Gasteiger charge is -2.11. The summed E-state index contributed by atoms with van der Waals surface area (Å²) in [5.41, 5.74) is 7.07. The van der Waals surface area contributed by atoms with Crippen LogP contribution >= 0.6 is 43.6 Å². The van der Waals surface area contributed by atoms with Crippen molar-refractivity contribution in [2.45, 2.75) is 13.0 Å². The van der Waals surface area contributed by atoms with E-state index in [4.69, 9.17) is 10.8 Å². The number of amides is 1. The van der Waals surface area contributed by atoms with Crippen LogP contribution in [0.2, 0.25) is 0 Å². The predicted octanol–water partition coefficient (Wildman–Crippen LogP) is 2.60. The van der Waals surface area contributed by atoms with Crippen molar-refractivity contribution in [2.24, 2.45) is 5.73 Å². The van der Waals surface area contributed by atoms with E-state index >= 15 is 0 Å². The number of benzene rings is 1. The molecule has 1 rings (SSSR count). The molecule has 1 aromatic carbocycles. The second kappa shape index (κ2) is 8.02. The summed E-state index contributed by atoms with van der Waals surface area (Å²) in [5, 5.41) is 11.4. The molecule has 0 heterocycles. The topological polar surface area (TPSA) is 92.4 Å². The molecular weight excluding hydrogens is 412 g/mol. The normalized spacial score (nSPS) is 12.0. The first-order valence-corrected chi connectivity index (χ1v) is 8.37. The van der Waals surface area contributed by atoms with Crippen LogP contribution in [0.3, 0.4) is 0 Å². The maximum absolute atomic E-state index is 11.8. The van der Waals surface area contributed by atoms with E-state index in [1.54, 1.807) is 0 Å². The SMILES string of the molecule is Cc1cc(Br)c(NC(=O)CSC[C@@H](N)C(=O)O)c(Br)c1. The minimum absolute atomic E-state index is 0.147. The van der Waals surface area contributed by atoms with Crippen LogP contribution in [0.1, 0.15) is 5.56 Å². The Morgan fingerprint density at radius 2 is 1.95 bits per heavy atom. The van der Waals surface area contributed by atoms with Crippen LogP contribution in [0, 0.1) is 6.92 Å². The highest BCUT2D eigenvalue weighted by Crippen LogP contribution is 2.32. The van der Waals surface area contributed by atoms with Crippen molar-refractivity contribution in [3.63, 3.8) is 0 Å². The monoisotopic (exact) mass is 424 g/mol. The smallest absolute Gasteiger partial charge is 0.321 e. The van der Waals surface area contributed by atoms with E-state index < -0.39 is 12.0 Å². The number of thioether (sulfide) groups is 1. The van der Waals surface area contributed by atoms with Gasteiger partial charge in [-0.2, -0.15) is 0 Å². The van der Waals surface area contributed by atoms with Gasteiger partial charge in [-0.3, -0.25) is 9.59 Å². The largest absolute Gasteiger partial charge is 0.480 e. The molecule has 0 aromatic heterocycles. The van der Waals surface area contributed by atoms with Crippen molar-refractivity contribution < 1.29 is 14.7 Å². The van der Waals surface area contributed by atoms with Gasteiger partial charge < -0.3 is 16.2 Å². The van der Waals surface area contributed by atoms with Gasteiger partial charge >= 0.3 is 5.97 Å². The highest BCUT2D eigenvalue weighted by atomic mass is 79.9. The Morgan fingerprint density at radius 3 is 2.45 bits per heavy atom. The third-order valence-electron chi connectivity index (χ3n) is 2.30. The Bertz CT molecular complexity index is 502. The fourth-order valence-electron chi connectivity index (χ4n) is 1.34. The van der Waals surface area contributed by atoms with Gasteiger partial charge in [0.25, 0.3) is 0 Å². The number of hydrogen-bond donors (Lipinski definition) is 3. The van der Waals surface area contributed by atoms with Gasteiger partial charge in [-0.05, 0) is 56.5 Å². The lowest BCUT2D eigenvalue weighted by Crippen LogP contribution is -2.33. The molecule has 0 unspecified atom stereocenters. The van der Waals surface area contributed by atoms with E-state index in [-0.39, 0.29) is 17.4 Å². The van der Waals surface area contributed by atoms with Crippen LogP contribution in [0.5, 0.6) is 0 Å². The second-order valence-corrected chi connectivity index (χ2v) is 6.85.